The molecule has 0 aliphatic carbocycles. The van der Waals surface area contributed by atoms with Crippen molar-refractivity contribution in [1.29, 1.82) is 0 Å². The van der Waals surface area contributed by atoms with Gasteiger partial charge in [0, 0.05) is 6.54 Å². The zero-order chi connectivity index (χ0) is 11.3. The molecule has 90 valence electrons. The fourth-order valence-corrected chi connectivity index (χ4v) is 1.35. The summed E-state index contributed by atoms with van der Waals surface area (Å²) in [6.07, 6.45) is 0.692. The van der Waals surface area contributed by atoms with Crippen LogP contribution in [0.5, 0.6) is 0 Å². The molecule has 3 N–H and O–H groups in total. The zero-order valence-electron chi connectivity index (χ0n) is 9.13. The summed E-state index contributed by atoms with van der Waals surface area (Å²) in [5, 5.41) is 2.66. The Balaban J connectivity index is 0.00000225. The Morgan fingerprint density at radius 3 is 2.75 bits per heavy atom. The summed E-state index contributed by atoms with van der Waals surface area (Å²) in [6, 6.07) is 4.65. The van der Waals surface area contributed by atoms with Crippen LogP contribution in [0.3, 0.4) is 0 Å². The van der Waals surface area contributed by atoms with Crippen LogP contribution in [0, 0.1) is 12.7 Å². The number of nitrogens with one attached hydrogen (secondary N) is 1. The largest absolute Gasteiger partial charge is 0.355 e. The zero-order valence-corrected chi connectivity index (χ0v) is 9.94. The standard InChI is InChI=1S/C11H15FN2O.ClH/c1-8-6-10(12)3-2-9(8)4-5-14-11(15)7-13;/h2-3,6H,4-5,7,13H2,1H3,(H,14,15);1H. The van der Waals surface area contributed by atoms with Crippen molar-refractivity contribution < 1.29 is 9.18 Å². The molecule has 1 aromatic carbocycles. The molecule has 0 atom stereocenters. The number of hydrogen-bond acceptors (Lipinski definition) is 2. The second-order valence-electron chi connectivity index (χ2n) is 3.37. The molecule has 5 heteroatoms. The summed E-state index contributed by atoms with van der Waals surface area (Å²) in [6.45, 7) is 2.38. The third kappa shape index (κ3) is 4.59. The molecule has 1 amide bonds. The van der Waals surface area contributed by atoms with E-state index < -0.39 is 0 Å². The molecule has 0 aromatic heterocycles. The van der Waals surface area contributed by atoms with E-state index in [1.165, 1.54) is 12.1 Å². The number of halogens is 2. The van der Waals surface area contributed by atoms with Gasteiger partial charge in [-0.25, -0.2) is 4.39 Å². The van der Waals surface area contributed by atoms with Crippen LogP contribution in [0.25, 0.3) is 0 Å². The lowest BCUT2D eigenvalue weighted by atomic mass is 10.1. The Morgan fingerprint density at radius 2 is 2.19 bits per heavy atom. The number of benzene rings is 1. The maximum Gasteiger partial charge on any atom is 0.233 e. The van der Waals surface area contributed by atoms with Crippen molar-refractivity contribution in [3.8, 4) is 0 Å². The third-order valence-electron chi connectivity index (χ3n) is 2.21. The maximum absolute atomic E-state index is 12.8. The smallest absolute Gasteiger partial charge is 0.233 e. The molecular weight excluding hydrogens is 231 g/mol. The summed E-state index contributed by atoms with van der Waals surface area (Å²) in [7, 11) is 0. The summed E-state index contributed by atoms with van der Waals surface area (Å²) in [5.41, 5.74) is 7.08. The fourth-order valence-electron chi connectivity index (χ4n) is 1.35. The van der Waals surface area contributed by atoms with Crippen LogP contribution in [0.1, 0.15) is 11.1 Å². The van der Waals surface area contributed by atoms with Crippen molar-refractivity contribution in [3.63, 3.8) is 0 Å². The average molecular weight is 247 g/mol. The monoisotopic (exact) mass is 246 g/mol. The molecule has 0 aliphatic heterocycles. The van der Waals surface area contributed by atoms with E-state index in [0.29, 0.717) is 13.0 Å². The van der Waals surface area contributed by atoms with E-state index in [1.807, 2.05) is 6.92 Å². The van der Waals surface area contributed by atoms with Crippen LogP contribution >= 0.6 is 12.4 Å². The Kier molecular flexibility index (Phi) is 6.69. The number of aryl methyl sites for hydroxylation is 1. The van der Waals surface area contributed by atoms with E-state index >= 15 is 0 Å². The third-order valence-corrected chi connectivity index (χ3v) is 2.21. The van der Waals surface area contributed by atoms with Gasteiger partial charge in [-0.05, 0) is 36.6 Å². The lowest BCUT2D eigenvalue weighted by Crippen LogP contribution is -2.31. The predicted octanol–water partition coefficient (Wildman–Crippen LogP) is 1.17. The van der Waals surface area contributed by atoms with Gasteiger partial charge in [0.15, 0.2) is 0 Å². The van der Waals surface area contributed by atoms with E-state index in [1.54, 1.807) is 6.07 Å². The van der Waals surface area contributed by atoms with Crippen LogP contribution in [0.4, 0.5) is 4.39 Å². The fraction of sp³-hybridized carbons (Fsp3) is 0.364. The minimum absolute atomic E-state index is 0. The van der Waals surface area contributed by atoms with Crippen molar-refractivity contribution in [2.45, 2.75) is 13.3 Å². The van der Waals surface area contributed by atoms with Crippen molar-refractivity contribution in [1.82, 2.24) is 5.32 Å². The average Bonchev–Trinajstić information content (AvgIpc) is 2.21. The molecule has 0 aliphatic rings. The van der Waals surface area contributed by atoms with Crippen LogP contribution < -0.4 is 11.1 Å². The van der Waals surface area contributed by atoms with E-state index in [4.69, 9.17) is 5.73 Å². The van der Waals surface area contributed by atoms with Gasteiger partial charge in [-0.1, -0.05) is 6.07 Å². The van der Waals surface area contributed by atoms with Crippen LogP contribution in [0.15, 0.2) is 18.2 Å². The van der Waals surface area contributed by atoms with Gasteiger partial charge < -0.3 is 11.1 Å². The number of hydrogen-bond donors (Lipinski definition) is 2. The minimum atomic E-state index is -0.234. The molecule has 0 saturated heterocycles. The molecule has 0 radical (unpaired) electrons. The molecular formula is C11H16ClFN2O. The molecule has 0 heterocycles. The van der Waals surface area contributed by atoms with Gasteiger partial charge in [0.1, 0.15) is 5.82 Å². The lowest BCUT2D eigenvalue weighted by Gasteiger charge is -2.06. The molecule has 0 unspecified atom stereocenters. The number of carbonyl (C=O) groups excluding carboxylic acids is 1. The Morgan fingerprint density at radius 1 is 1.50 bits per heavy atom. The van der Waals surface area contributed by atoms with Gasteiger partial charge in [0.25, 0.3) is 0 Å². The second-order valence-corrected chi connectivity index (χ2v) is 3.37. The highest BCUT2D eigenvalue weighted by molar-refractivity contribution is 5.85. The molecule has 0 fully saturated rings. The first-order valence-electron chi connectivity index (χ1n) is 4.85. The maximum atomic E-state index is 12.8. The van der Waals surface area contributed by atoms with Crippen LogP contribution in [-0.4, -0.2) is 19.0 Å². The van der Waals surface area contributed by atoms with Crippen molar-refractivity contribution >= 4 is 18.3 Å². The summed E-state index contributed by atoms with van der Waals surface area (Å²) in [5.74, 6) is -0.406. The number of rotatable bonds is 4. The van der Waals surface area contributed by atoms with E-state index in [9.17, 15) is 9.18 Å². The van der Waals surface area contributed by atoms with E-state index in [2.05, 4.69) is 5.32 Å². The molecule has 0 spiro atoms. The molecule has 0 saturated carbocycles. The summed E-state index contributed by atoms with van der Waals surface area (Å²) < 4.78 is 12.8. The molecule has 16 heavy (non-hydrogen) atoms. The van der Waals surface area contributed by atoms with Crippen molar-refractivity contribution in [3.05, 3.63) is 35.1 Å². The number of carbonyl (C=O) groups is 1. The quantitative estimate of drug-likeness (QED) is 0.838. The minimum Gasteiger partial charge on any atom is -0.355 e. The first-order chi connectivity index (χ1) is 7.13. The molecule has 1 rings (SSSR count). The number of amides is 1. The van der Waals surface area contributed by atoms with Crippen LogP contribution in [0.2, 0.25) is 0 Å². The van der Waals surface area contributed by atoms with Gasteiger partial charge >= 0.3 is 0 Å². The summed E-state index contributed by atoms with van der Waals surface area (Å²) >= 11 is 0. The van der Waals surface area contributed by atoms with Crippen molar-refractivity contribution in [2.75, 3.05) is 13.1 Å². The number of nitrogens with two attached hydrogens (primary N) is 1. The van der Waals surface area contributed by atoms with E-state index in [-0.39, 0.29) is 30.7 Å². The Hall–Kier alpha value is -1.13. The lowest BCUT2D eigenvalue weighted by molar-refractivity contribution is -0.119. The first kappa shape index (κ1) is 14.9. The highest BCUT2D eigenvalue weighted by Gasteiger charge is 2.01. The van der Waals surface area contributed by atoms with Gasteiger partial charge in [0.2, 0.25) is 5.91 Å². The highest BCUT2D eigenvalue weighted by atomic mass is 35.5. The van der Waals surface area contributed by atoms with Gasteiger partial charge in [-0.3, -0.25) is 4.79 Å². The van der Waals surface area contributed by atoms with Gasteiger partial charge in [0.05, 0.1) is 6.54 Å². The van der Waals surface area contributed by atoms with Crippen molar-refractivity contribution in [2.24, 2.45) is 5.73 Å². The Bertz CT molecular complexity index is 358. The molecule has 3 nitrogen and oxygen atoms in total. The SMILES string of the molecule is Cc1cc(F)ccc1CCNC(=O)CN.Cl. The topological polar surface area (TPSA) is 55.1 Å². The highest BCUT2D eigenvalue weighted by Crippen LogP contribution is 2.10. The van der Waals surface area contributed by atoms with Gasteiger partial charge in [-0.15, -0.1) is 12.4 Å². The normalized spacial score (nSPS) is 9.44. The predicted molar refractivity (Wildman–Crippen MR) is 64.2 cm³/mol. The molecule has 1 aromatic rings. The van der Waals surface area contributed by atoms with E-state index in [0.717, 1.165) is 11.1 Å². The van der Waals surface area contributed by atoms with Gasteiger partial charge in [-0.2, -0.15) is 0 Å². The molecule has 0 bridgehead atoms. The summed E-state index contributed by atoms with van der Waals surface area (Å²) in [4.78, 5) is 10.8. The first-order valence-corrected chi connectivity index (χ1v) is 4.85. The van der Waals surface area contributed by atoms with Crippen LogP contribution in [-0.2, 0) is 11.2 Å². The second kappa shape index (κ2) is 7.19. The Labute approximate surface area is 101 Å².